The first kappa shape index (κ1) is 16.8. The van der Waals surface area contributed by atoms with Gasteiger partial charge < -0.3 is 4.74 Å². The fourth-order valence-corrected chi connectivity index (χ4v) is 3.38. The number of aromatic nitrogens is 2. The van der Waals surface area contributed by atoms with E-state index in [4.69, 9.17) is 14.7 Å². The van der Waals surface area contributed by atoms with Crippen LogP contribution in [-0.2, 0) is 10.2 Å². The van der Waals surface area contributed by atoms with Crippen LogP contribution < -0.4 is 0 Å². The second kappa shape index (κ2) is 7.28. The molecule has 0 amide bonds. The molecule has 3 heteroatoms. The first-order chi connectivity index (χ1) is 12.8. The van der Waals surface area contributed by atoms with Crippen LogP contribution in [0.5, 0.6) is 0 Å². The Hall–Kier alpha value is -2.68. The van der Waals surface area contributed by atoms with Crippen molar-refractivity contribution >= 4 is 17.0 Å². The second-order valence-corrected chi connectivity index (χ2v) is 6.95. The SMILES string of the molecule is CCCCOC=Cc1cccc2cnc(C3(c4ccccc4)CC3)nc12. The highest BCUT2D eigenvalue weighted by atomic mass is 16.5. The maximum atomic E-state index is 5.58. The highest BCUT2D eigenvalue weighted by molar-refractivity contribution is 5.86. The fraction of sp³-hybridized carbons (Fsp3) is 0.304. The number of benzene rings is 2. The summed E-state index contributed by atoms with van der Waals surface area (Å²) in [4.78, 5) is 9.70. The summed E-state index contributed by atoms with van der Waals surface area (Å²) in [6, 6.07) is 16.8. The number of nitrogens with zero attached hydrogens (tertiary/aromatic N) is 2. The minimum absolute atomic E-state index is 0.0100. The lowest BCUT2D eigenvalue weighted by molar-refractivity contribution is 0.246. The molecule has 1 fully saturated rings. The monoisotopic (exact) mass is 344 g/mol. The van der Waals surface area contributed by atoms with Crippen LogP contribution in [0.1, 0.15) is 49.6 Å². The lowest BCUT2D eigenvalue weighted by atomic mass is 9.95. The Morgan fingerprint density at radius 3 is 2.69 bits per heavy atom. The summed E-state index contributed by atoms with van der Waals surface area (Å²) >= 11 is 0. The Morgan fingerprint density at radius 2 is 1.92 bits per heavy atom. The summed E-state index contributed by atoms with van der Waals surface area (Å²) in [5.41, 5.74) is 3.38. The molecule has 132 valence electrons. The molecule has 0 N–H and O–H groups in total. The van der Waals surface area contributed by atoms with Gasteiger partial charge in [-0.1, -0.05) is 61.9 Å². The summed E-state index contributed by atoms with van der Waals surface area (Å²) < 4.78 is 5.58. The van der Waals surface area contributed by atoms with E-state index < -0.39 is 0 Å². The van der Waals surface area contributed by atoms with Gasteiger partial charge in [-0.3, -0.25) is 0 Å². The number of unbranched alkanes of at least 4 members (excludes halogenated alkanes) is 1. The summed E-state index contributed by atoms with van der Waals surface area (Å²) in [6.07, 6.45) is 10.2. The van der Waals surface area contributed by atoms with Gasteiger partial charge in [-0.2, -0.15) is 0 Å². The van der Waals surface area contributed by atoms with Gasteiger partial charge in [-0.05, 0) is 30.9 Å². The molecular weight excluding hydrogens is 320 g/mol. The van der Waals surface area contributed by atoms with Crippen molar-refractivity contribution in [3.63, 3.8) is 0 Å². The van der Waals surface area contributed by atoms with Crippen molar-refractivity contribution in [2.75, 3.05) is 6.61 Å². The molecule has 3 nitrogen and oxygen atoms in total. The second-order valence-electron chi connectivity index (χ2n) is 6.95. The van der Waals surface area contributed by atoms with Crippen molar-refractivity contribution in [3.8, 4) is 0 Å². The smallest absolute Gasteiger partial charge is 0.139 e. The number of fused-ring (bicyclic) bond motifs is 1. The number of ether oxygens (including phenoxy) is 1. The van der Waals surface area contributed by atoms with Crippen molar-refractivity contribution in [1.29, 1.82) is 0 Å². The van der Waals surface area contributed by atoms with Gasteiger partial charge in [0.15, 0.2) is 0 Å². The Kier molecular flexibility index (Phi) is 4.70. The maximum absolute atomic E-state index is 5.58. The topological polar surface area (TPSA) is 35.0 Å². The zero-order valence-electron chi connectivity index (χ0n) is 15.2. The molecule has 0 atom stereocenters. The molecule has 0 bridgehead atoms. The molecular formula is C23H24N2O. The summed E-state index contributed by atoms with van der Waals surface area (Å²) in [7, 11) is 0. The van der Waals surface area contributed by atoms with Crippen LogP contribution in [0.2, 0.25) is 0 Å². The predicted molar refractivity (Wildman–Crippen MR) is 106 cm³/mol. The normalized spacial score (nSPS) is 15.4. The van der Waals surface area contributed by atoms with Crippen LogP contribution >= 0.6 is 0 Å². The van der Waals surface area contributed by atoms with E-state index in [1.54, 1.807) is 6.26 Å². The van der Waals surface area contributed by atoms with E-state index in [0.29, 0.717) is 0 Å². The third-order valence-electron chi connectivity index (χ3n) is 5.11. The zero-order chi connectivity index (χ0) is 17.8. The lowest BCUT2D eigenvalue weighted by Gasteiger charge is -2.15. The largest absolute Gasteiger partial charge is 0.501 e. The van der Waals surface area contributed by atoms with E-state index in [1.807, 2.05) is 18.3 Å². The molecule has 0 aliphatic heterocycles. The standard InChI is InChI=1S/C23H24N2O/c1-2-3-15-26-16-12-18-8-7-9-19-17-24-22(25-21(18)19)23(13-14-23)20-10-5-4-6-11-20/h4-12,16-17H,2-3,13-15H2,1H3. The molecule has 0 spiro atoms. The number of hydrogen-bond donors (Lipinski definition) is 0. The van der Waals surface area contributed by atoms with Crippen LogP contribution in [0.25, 0.3) is 17.0 Å². The summed E-state index contributed by atoms with van der Waals surface area (Å²) in [5, 5.41) is 1.06. The van der Waals surface area contributed by atoms with E-state index in [2.05, 4.69) is 49.4 Å². The number of hydrogen-bond acceptors (Lipinski definition) is 3. The van der Waals surface area contributed by atoms with Crippen LogP contribution in [-0.4, -0.2) is 16.6 Å². The first-order valence-electron chi connectivity index (χ1n) is 9.43. The Balaban J connectivity index is 1.67. The van der Waals surface area contributed by atoms with Crippen LogP contribution in [0, 0.1) is 0 Å². The molecule has 0 unspecified atom stereocenters. The van der Waals surface area contributed by atoms with E-state index in [1.165, 1.54) is 5.56 Å². The predicted octanol–water partition coefficient (Wildman–Crippen LogP) is 5.50. The van der Waals surface area contributed by atoms with E-state index >= 15 is 0 Å². The van der Waals surface area contributed by atoms with Crippen molar-refractivity contribution in [1.82, 2.24) is 9.97 Å². The summed E-state index contributed by atoms with van der Waals surface area (Å²) in [6.45, 7) is 2.92. The Morgan fingerprint density at radius 1 is 1.08 bits per heavy atom. The quantitative estimate of drug-likeness (QED) is 0.419. The molecule has 0 saturated heterocycles. The lowest BCUT2D eigenvalue weighted by Crippen LogP contribution is -2.13. The van der Waals surface area contributed by atoms with Gasteiger partial charge in [-0.15, -0.1) is 0 Å². The first-order valence-corrected chi connectivity index (χ1v) is 9.43. The van der Waals surface area contributed by atoms with Gasteiger partial charge in [-0.25, -0.2) is 9.97 Å². The van der Waals surface area contributed by atoms with Crippen molar-refractivity contribution < 1.29 is 4.74 Å². The summed E-state index contributed by atoms with van der Waals surface area (Å²) in [5.74, 6) is 0.934. The number of para-hydroxylation sites is 1. The average molecular weight is 344 g/mol. The molecule has 1 aliphatic rings. The van der Waals surface area contributed by atoms with Crippen molar-refractivity contribution in [2.45, 2.75) is 38.0 Å². The van der Waals surface area contributed by atoms with Gasteiger partial charge >= 0.3 is 0 Å². The molecule has 1 aliphatic carbocycles. The minimum atomic E-state index is -0.0100. The maximum Gasteiger partial charge on any atom is 0.139 e. The molecule has 0 radical (unpaired) electrons. The van der Waals surface area contributed by atoms with E-state index in [0.717, 1.165) is 54.6 Å². The molecule has 1 aromatic heterocycles. The Bertz CT molecular complexity index is 914. The molecule has 2 aromatic carbocycles. The zero-order valence-corrected chi connectivity index (χ0v) is 15.2. The Labute approximate surface area is 154 Å². The molecule has 26 heavy (non-hydrogen) atoms. The van der Waals surface area contributed by atoms with E-state index in [-0.39, 0.29) is 5.41 Å². The van der Waals surface area contributed by atoms with Crippen molar-refractivity contribution in [2.24, 2.45) is 0 Å². The van der Waals surface area contributed by atoms with Gasteiger partial charge in [0, 0.05) is 17.1 Å². The fourth-order valence-electron chi connectivity index (χ4n) is 3.38. The van der Waals surface area contributed by atoms with Gasteiger partial charge in [0.25, 0.3) is 0 Å². The van der Waals surface area contributed by atoms with Gasteiger partial charge in [0.1, 0.15) is 5.82 Å². The van der Waals surface area contributed by atoms with Crippen LogP contribution in [0.15, 0.2) is 61.0 Å². The third-order valence-corrected chi connectivity index (χ3v) is 5.11. The highest BCUT2D eigenvalue weighted by Gasteiger charge is 2.48. The number of rotatable bonds is 7. The van der Waals surface area contributed by atoms with Crippen LogP contribution in [0.4, 0.5) is 0 Å². The van der Waals surface area contributed by atoms with Crippen molar-refractivity contribution in [3.05, 3.63) is 77.9 Å². The molecule has 3 aromatic rings. The van der Waals surface area contributed by atoms with Gasteiger partial charge in [0.2, 0.25) is 0 Å². The molecule has 1 heterocycles. The highest BCUT2D eigenvalue weighted by Crippen LogP contribution is 2.52. The molecule has 1 saturated carbocycles. The van der Waals surface area contributed by atoms with Gasteiger partial charge in [0.05, 0.1) is 23.8 Å². The average Bonchev–Trinajstić information content (AvgIpc) is 3.50. The van der Waals surface area contributed by atoms with E-state index in [9.17, 15) is 0 Å². The minimum Gasteiger partial charge on any atom is -0.501 e. The van der Waals surface area contributed by atoms with Crippen LogP contribution in [0.3, 0.4) is 0 Å². The third kappa shape index (κ3) is 3.22. The molecule has 4 rings (SSSR count).